The second-order valence-electron chi connectivity index (χ2n) is 7.49. The number of nitrogens with zero attached hydrogens (tertiary/aromatic N) is 2. The van der Waals surface area contributed by atoms with Gasteiger partial charge in [-0.15, -0.1) is 0 Å². The van der Waals surface area contributed by atoms with E-state index in [1.807, 2.05) is 38.1 Å². The Kier molecular flexibility index (Phi) is 6.34. The molecule has 3 rings (SSSR count). The third-order valence-electron chi connectivity index (χ3n) is 4.88. The molecule has 0 radical (unpaired) electrons. The first-order chi connectivity index (χ1) is 13.5. The Labute approximate surface area is 166 Å². The van der Waals surface area contributed by atoms with Crippen molar-refractivity contribution in [2.75, 3.05) is 13.2 Å². The van der Waals surface area contributed by atoms with Gasteiger partial charge in [-0.3, -0.25) is 4.79 Å². The zero-order chi connectivity index (χ0) is 20.1. The van der Waals surface area contributed by atoms with E-state index in [9.17, 15) is 4.79 Å². The van der Waals surface area contributed by atoms with Gasteiger partial charge < -0.3 is 14.6 Å². The maximum atomic E-state index is 12.2. The lowest BCUT2D eigenvalue weighted by atomic mass is 10.0. The molecule has 0 atom stereocenters. The van der Waals surface area contributed by atoms with Gasteiger partial charge >= 0.3 is 0 Å². The summed E-state index contributed by atoms with van der Waals surface area (Å²) in [5, 5.41) is 2.95. The van der Waals surface area contributed by atoms with Gasteiger partial charge in [0.15, 0.2) is 6.61 Å². The molecule has 1 N–H and O–H groups in total. The largest absolute Gasteiger partial charge is 0.483 e. The molecule has 0 saturated carbocycles. The summed E-state index contributed by atoms with van der Waals surface area (Å²) in [7, 11) is 0. The smallest absolute Gasteiger partial charge is 0.257 e. The number of fused-ring (bicyclic) bond motifs is 1. The number of aromatic nitrogens is 2. The van der Waals surface area contributed by atoms with Crippen LogP contribution in [0.5, 0.6) is 5.75 Å². The van der Waals surface area contributed by atoms with Gasteiger partial charge in [0.1, 0.15) is 11.6 Å². The SMILES string of the molecule is Cc1ccc(C(C)C)c(OCC(=O)NCCCn2c(C)nc3ccccc32)c1. The lowest BCUT2D eigenvalue weighted by molar-refractivity contribution is -0.123. The highest BCUT2D eigenvalue weighted by atomic mass is 16.5. The highest BCUT2D eigenvalue weighted by molar-refractivity contribution is 5.77. The molecule has 0 aliphatic heterocycles. The standard InChI is InChI=1S/C23H29N3O2/c1-16(2)19-11-10-17(3)14-22(19)28-15-23(27)24-12-7-13-26-18(4)25-20-8-5-6-9-21(20)26/h5-6,8-11,14,16H,7,12-13,15H2,1-4H3,(H,24,27). The molecule has 0 bridgehead atoms. The second-order valence-corrected chi connectivity index (χ2v) is 7.49. The van der Waals surface area contributed by atoms with Crippen molar-refractivity contribution >= 4 is 16.9 Å². The number of ether oxygens (including phenoxy) is 1. The molecule has 1 amide bonds. The van der Waals surface area contributed by atoms with E-state index in [1.165, 1.54) is 0 Å². The van der Waals surface area contributed by atoms with Gasteiger partial charge in [0.05, 0.1) is 11.0 Å². The van der Waals surface area contributed by atoms with E-state index in [2.05, 4.69) is 46.9 Å². The Morgan fingerprint density at radius 1 is 1.18 bits per heavy atom. The van der Waals surface area contributed by atoms with E-state index in [1.54, 1.807) is 0 Å². The average Bonchev–Trinajstić information content (AvgIpc) is 2.98. The number of rotatable bonds is 8. The molecule has 0 saturated heterocycles. The second kappa shape index (κ2) is 8.91. The minimum Gasteiger partial charge on any atom is -0.483 e. The van der Waals surface area contributed by atoms with Crippen LogP contribution in [-0.2, 0) is 11.3 Å². The van der Waals surface area contributed by atoms with Gasteiger partial charge in [0, 0.05) is 13.1 Å². The van der Waals surface area contributed by atoms with Crippen LogP contribution in [-0.4, -0.2) is 28.6 Å². The molecule has 0 spiro atoms. The molecule has 3 aromatic rings. The van der Waals surface area contributed by atoms with E-state index in [-0.39, 0.29) is 12.5 Å². The summed E-state index contributed by atoms with van der Waals surface area (Å²) in [5.41, 5.74) is 4.40. The van der Waals surface area contributed by atoms with Crippen LogP contribution in [0.25, 0.3) is 11.0 Å². The number of para-hydroxylation sites is 2. The summed E-state index contributed by atoms with van der Waals surface area (Å²) >= 11 is 0. The van der Waals surface area contributed by atoms with E-state index in [0.717, 1.165) is 46.7 Å². The number of aryl methyl sites for hydroxylation is 3. The molecule has 5 heteroatoms. The normalized spacial score (nSPS) is 11.2. The first-order valence-corrected chi connectivity index (χ1v) is 9.87. The predicted molar refractivity (Wildman–Crippen MR) is 113 cm³/mol. The van der Waals surface area contributed by atoms with Crippen molar-refractivity contribution in [3.63, 3.8) is 0 Å². The zero-order valence-corrected chi connectivity index (χ0v) is 17.2. The molecule has 2 aromatic carbocycles. The van der Waals surface area contributed by atoms with Crippen LogP contribution < -0.4 is 10.1 Å². The summed E-state index contributed by atoms with van der Waals surface area (Å²) in [6, 6.07) is 14.3. The van der Waals surface area contributed by atoms with Crippen LogP contribution in [0.4, 0.5) is 0 Å². The van der Waals surface area contributed by atoms with Crippen LogP contribution in [0.15, 0.2) is 42.5 Å². The number of benzene rings is 2. The van der Waals surface area contributed by atoms with Crippen LogP contribution in [0.2, 0.25) is 0 Å². The van der Waals surface area contributed by atoms with Crippen LogP contribution in [0, 0.1) is 13.8 Å². The maximum absolute atomic E-state index is 12.2. The molecule has 0 unspecified atom stereocenters. The monoisotopic (exact) mass is 379 g/mol. The van der Waals surface area contributed by atoms with Gasteiger partial charge in [-0.2, -0.15) is 0 Å². The third-order valence-corrected chi connectivity index (χ3v) is 4.88. The van der Waals surface area contributed by atoms with Gasteiger partial charge in [-0.25, -0.2) is 4.98 Å². The highest BCUT2D eigenvalue weighted by Crippen LogP contribution is 2.27. The van der Waals surface area contributed by atoms with Crippen molar-refractivity contribution in [3.05, 3.63) is 59.4 Å². The zero-order valence-electron chi connectivity index (χ0n) is 17.2. The Hall–Kier alpha value is -2.82. The lowest BCUT2D eigenvalue weighted by Crippen LogP contribution is -2.30. The van der Waals surface area contributed by atoms with Crippen molar-refractivity contribution in [1.29, 1.82) is 0 Å². The van der Waals surface area contributed by atoms with Crippen molar-refractivity contribution < 1.29 is 9.53 Å². The van der Waals surface area contributed by atoms with Crippen molar-refractivity contribution in [1.82, 2.24) is 14.9 Å². The van der Waals surface area contributed by atoms with E-state index < -0.39 is 0 Å². The number of amides is 1. The molecule has 0 fully saturated rings. The van der Waals surface area contributed by atoms with Gasteiger partial charge in [0.25, 0.3) is 5.91 Å². The van der Waals surface area contributed by atoms with E-state index in [0.29, 0.717) is 12.5 Å². The molecular weight excluding hydrogens is 350 g/mol. The van der Waals surface area contributed by atoms with Crippen LogP contribution in [0.1, 0.15) is 43.1 Å². The number of hydrogen-bond donors (Lipinski definition) is 1. The van der Waals surface area contributed by atoms with E-state index >= 15 is 0 Å². The minimum atomic E-state index is -0.0941. The van der Waals surface area contributed by atoms with Gasteiger partial charge in [-0.1, -0.05) is 38.1 Å². The summed E-state index contributed by atoms with van der Waals surface area (Å²) < 4.78 is 7.99. The first kappa shape index (κ1) is 19.9. The van der Waals surface area contributed by atoms with Crippen molar-refractivity contribution in [2.24, 2.45) is 0 Å². The summed E-state index contributed by atoms with van der Waals surface area (Å²) in [6.45, 7) is 9.76. The van der Waals surface area contributed by atoms with Gasteiger partial charge in [0.2, 0.25) is 0 Å². The Morgan fingerprint density at radius 3 is 2.75 bits per heavy atom. The molecule has 0 aliphatic carbocycles. The first-order valence-electron chi connectivity index (χ1n) is 9.87. The Bertz CT molecular complexity index is 960. The number of imidazole rings is 1. The fourth-order valence-corrected chi connectivity index (χ4v) is 3.38. The fraction of sp³-hybridized carbons (Fsp3) is 0.391. The molecular formula is C23H29N3O2. The number of nitrogens with one attached hydrogen (secondary N) is 1. The van der Waals surface area contributed by atoms with Crippen LogP contribution in [0.3, 0.4) is 0 Å². The summed E-state index contributed by atoms with van der Waals surface area (Å²) in [5.74, 6) is 2.05. The minimum absolute atomic E-state index is 0.0379. The summed E-state index contributed by atoms with van der Waals surface area (Å²) in [6.07, 6.45) is 0.842. The van der Waals surface area contributed by atoms with Gasteiger partial charge in [-0.05, 0) is 55.5 Å². The molecule has 1 aromatic heterocycles. The summed E-state index contributed by atoms with van der Waals surface area (Å²) in [4.78, 5) is 16.7. The Balaban J connectivity index is 1.48. The number of carbonyl (C=O) groups excluding carboxylic acids is 1. The van der Waals surface area contributed by atoms with Crippen molar-refractivity contribution in [2.45, 2.75) is 46.6 Å². The molecule has 1 heterocycles. The predicted octanol–water partition coefficient (Wildman–Crippen LogP) is 4.36. The fourth-order valence-electron chi connectivity index (χ4n) is 3.38. The van der Waals surface area contributed by atoms with Crippen molar-refractivity contribution in [3.8, 4) is 5.75 Å². The topological polar surface area (TPSA) is 56.1 Å². The average molecular weight is 380 g/mol. The molecule has 148 valence electrons. The van der Waals surface area contributed by atoms with E-state index in [4.69, 9.17) is 4.74 Å². The number of hydrogen-bond acceptors (Lipinski definition) is 3. The maximum Gasteiger partial charge on any atom is 0.257 e. The molecule has 28 heavy (non-hydrogen) atoms. The highest BCUT2D eigenvalue weighted by Gasteiger charge is 2.10. The van der Waals surface area contributed by atoms with Crippen LogP contribution >= 0.6 is 0 Å². The molecule has 5 nitrogen and oxygen atoms in total. The molecule has 0 aliphatic rings. The lowest BCUT2D eigenvalue weighted by Gasteiger charge is -2.15. The number of carbonyl (C=O) groups is 1. The Morgan fingerprint density at radius 2 is 1.96 bits per heavy atom. The quantitative estimate of drug-likeness (QED) is 0.592. The third kappa shape index (κ3) is 4.71.